The van der Waals surface area contributed by atoms with Crippen molar-refractivity contribution >= 4 is 11.8 Å². The second-order valence-corrected chi connectivity index (χ2v) is 7.83. The number of imidazole rings is 1. The van der Waals surface area contributed by atoms with E-state index in [0.29, 0.717) is 24.6 Å². The fourth-order valence-electron chi connectivity index (χ4n) is 4.09. The number of amides is 2. The van der Waals surface area contributed by atoms with Crippen LogP contribution in [0.4, 0.5) is 0 Å². The number of hydrogen-bond donors (Lipinski definition) is 1. The van der Waals surface area contributed by atoms with Crippen LogP contribution in [0.2, 0.25) is 0 Å². The highest BCUT2D eigenvalue weighted by atomic mass is 16.5. The molecule has 1 aromatic carbocycles. The van der Waals surface area contributed by atoms with Crippen molar-refractivity contribution in [1.82, 2.24) is 19.8 Å². The Morgan fingerprint density at radius 3 is 2.83 bits per heavy atom. The maximum Gasteiger partial charge on any atom is 0.287 e. The third-order valence-electron chi connectivity index (χ3n) is 5.65. The molecule has 29 heavy (non-hydrogen) atoms. The number of ether oxygens (including phenoxy) is 1. The van der Waals surface area contributed by atoms with Gasteiger partial charge in [-0.3, -0.25) is 9.59 Å². The van der Waals surface area contributed by atoms with Crippen LogP contribution in [0, 0.1) is 0 Å². The lowest BCUT2D eigenvalue weighted by Gasteiger charge is -2.19. The number of fused-ring (bicyclic) bond motifs is 1. The maximum absolute atomic E-state index is 13.1. The molecule has 154 valence electrons. The van der Waals surface area contributed by atoms with Crippen LogP contribution in [0.3, 0.4) is 0 Å². The van der Waals surface area contributed by atoms with Gasteiger partial charge in [0.1, 0.15) is 5.69 Å². The van der Waals surface area contributed by atoms with E-state index in [1.807, 2.05) is 34.9 Å². The van der Waals surface area contributed by atoms with Gasteiger partial charge in [-0.05, 0) is 37.7 Å². The minimum Gasteiger partial charge on any atom is -0.376 e. The highest BCUT2D eigenvalue weighted by Crippen LogP contribution is 2.23. The van der Waals surface area contributed by atoms with E-state index in [2.05, 4.69) is 10.3 Å². The Morgan fingerprint density at radius 2 is 2.07 bits per heavy atom. The largest absolute Gasteiger partial charge is 0.376 e. The van der Waals surface area contributed by atoms with Crippen molar-refractivity contribution in [3.05, 3.63) is 53.1 Å². The lowest BCUT2D eigenvalue weighted by atomic mass is 10.1. The lowest BCUT2D eigenvalue weighted by Crippen LogP contribution is -2.34. The van der Waals surface area contributed by atoms with Crippen LogP contribution in [0.15, 0.2) is 30.3 Å². The summed E-state index contributed by atoms with van der Waals surface area (Å²) in [5.41, 5.74) is 2.35. The smallest absolute Gasteiger partial charge is 0.287 e. The summed E-state index contributed by atoms with van der Waals surface area (Å²) in [7, 11) is 1.78. The van der Waals surface area contributed by atoms with Crippen molar-refractivity contribution in [2.24, 2.45) is 0 Å². The second-order valence-electron chi connectivity index (χ2n) is 7.83. The van der Waals surface area contributed by atoms with E-state index >= 15 is 0 Å². The molecule has 0 spiro atoms. The summed E-state index contributed by atoms with van der Waals surface area (Å²) in [6.07, 6.45) is 4.84. The Hall–Kier alpha value is -2.67. The zero-order valence-corrected chi connectivity index (χ0v) is 16.9. The third kappa shape index (κ3) is 4.34. The molecule has 4 rings (SSSR count). The van der Waals surface area contributed by atoms with E-state index < -0.39 is 0 Å². The van der Waals surface area contributed by atoms with E-state index in [-0.39, 0.29) is 17.9 Å². The van der Waals surface area contributed by atoms with Gasteiger partial charge in [-0.15, -0.1) is 0 Å². The van der Waals surface area contributed by atoms with Gasteiger partial charge in [-0.2, -0.15) is 0 Å². The van der Waals surface area contributed by atoms with Crippen LogP contribution >= 0.6 is 0 Å². The zero-order chi connectivity index (χ0) is 20.2. The van der Waals surface area contributed by atoms with Crippen molar-refractivity contribution in [3.8, 4) is 0 Å². The average molecular weight is 396 g/mol. The van der Waals surface area contributed by atoms with Crippen LogP contribution < -0.4 is 5.32 Å². The van der Waals surface area contributed by atoms with Crippen molar-refractivity contribution in [3.63, 3.8) is 0 Å². The van der Waals surface area contributed by atoms with E-state index in [0.717, 1.165) is 56.5 Å². The Kier molecular flexibility index (Phi) is 5.94. The molecular weight excluding hydrogens is 368 g/mol. The van der Waals surface area contributed by atoms with E-state index in [1.54, 1.807) is 11.9 Å². The van der Waals surface area contributed by atoms with Crippen LogP contribution in [-0.4, -0.2) is 52.6 Å². The molecule has 1 unspecified atom stereocenters. The number of aromatic nitrogens is 2. The second kappa shape index (κ2) is 8.78. The molecule has 7 heteroatoms. The number of benzene rings is 1. The SMILES string of the molecule is CN(Cc1ccccc1)C(=O)c1nc(C(=O)NCC2CCCO2)n2c1CCCC2. The summed E-state index contributed by atoms with van der Waals surface area (Å²) in [4.78, 5) is 32.1. The number of rotatable bonds is 6. The lowest BCUT2D eigenvalue weighted by molar-refractivity contribution is 0.0778. The Labute approximate surface area is 171 Å². The first kappa shape index (κ1) is 19.6. The molecule has 1 saturated heterocycles. The third-order valence-corrected chi connectivity index (χ3v) is 5.65. The summed E-state index contributed by atoms with van der Waals surface area (Å²) in [5.74, 6) is -0.0275. The Balaban J connectivity index is 1.52. The molecule has 1 atom stereocenters. The van der Waals surface area contributed by atoms with E-state index in [4.69, 9.17) is 4.74 Å². The Morgan fingerprint density at radius 1 is 1.24 bits per heavy atom. The number of carbonyl (C=O) groups excluding carboxylic acids is 2. The number of nitrogens with one attached hydrogen (secondary N) is 1. The summed E-state index contributed by atoms with van der Waals surface area (Å²) in [5, 5.41) is 2.94. The number of hydrogen-bond acceptors (Lipinski definition) is 4. The first-order valence-corrected chi connectivity index (χ1v) is 10.4. The standard InChI is InChI=1S/C22H28N4O3/c1-25(15-16-8-3-2-4-9-16)22(28)19-18-11-5-6-12-26(18)20(24-19)21(27)23-14-17-10-7-13-29-17/h2-4,8-9,17H,5-7,10-15H2,1H3,(H,23,27). The van der Waals surface area contributed by atoms with Gasteiger partial charge in [0.2, 0.25) is 0 Å². The molecule has 1 fully saturated rings. The van der Waals surface area contributed by atoms with Gasteiger partial charge in [0.05, 0.1) is 11.8 Å². The first-order valence-electron chi connectivity index (χ1n) is 10.4. The van der Waals surface area contributed by atoms with Crippen molar-refractivity contribution in [2.75, 3.05) is 20.2 Å². The molecule has 7 nitrogen and oxygen atoms in total. The summed E-state index contributed by atoms with van der Waals surface area (Å²) in [6, 6.07) is 9.87. The zero-order valence-electron chi connectivity index (χ0n) is 16.9. The van der Waals surface area contributed by atoms with E-state index in [9.17, 15) is 9.59 Å². The molecule has 1 N–H and O–H groups in total. The molecule has 2 aromatic rings. The molecule has 1 aromatic heterocycles. The molecule has 0 saturated carbocycles. The fraction of sp³-hybridized carbons (Fsp3) is 0.500. The summed E-state index contributed by atoms with van der Waals surface area (Å²) in [6.45, 7) is 2.47. The Bertz CT molecular complexity index is 872. The van der Waals surface area contributed by atoms with Crippen molar-refractivity contribution in [1.29, 1.82) is 0 Å². The minimum absolute atomic E-state index is 0.0767. The molecular formula is C22H28N4O3. The van der Waals surface area contributed by atoms with Crippen LogP contribution in [0.25, 0.3) is 0 Å². The summed E-state index contributed by atoms with van der Waals surface area (Å²) >= 11 is 0. The first-order chi connectivity index (χ1) is 14.1. The van der Waals surface area contributed by atoms with Crippen LogP contribution in [-0.2, 0) is 24.2 Å². The molecule has 3 heterocycles. The minimum atomic E-state index is -0.228. The quantitative estimate of drug-likeness (QED) is 0.814. The molecule has 0 bridgehead atoms. The van der Waals surface area contributed by atoms with Crippen molar-refractivity contribution < 1.29 is 14.3 Å². The highest BCUT2D eigenvalue weighted by molar-refractivity contribution is 5.97. The molecule has 2 amide bonds. The van der Waals surface area contributed by atoms with Crippen LogP contribution in [0.1, 0.15) is 58.0 Å². The molecule has 2 aliphatic rings. The van der Waals surface area contributed by atoms with Crippen molar-refractivity contribution in [2.45, 2.75) is 51.3 Å². The van der Waals surface area contributed by atoms with Gasteiger partial charge >= 0.3 is 0 Å². The van der Waals surface area contributed by atoms with Gasteiger partial charge in [-0.25, -0.2) is 4.98 Å². The highest BCUT2D eigenvalue weighted by Gasteiger charge is 2.29. The monoisotopic (exact) mass is 396 g/mol. The van der Waals surface area contributed by atoms with Gasteiger partial charge in [0.25, 0.3) is 11.8 Å². The van der Waals surface area contributed by atoms with E-state index in [1.165, 1.54) is 0 Å². The normalized spacial score (nSPS) is 18.3. The maximum atomic E-state index is 13.1. The number of nitrogens with zero attached hydrogens (tertiary/aromatic N) is 3. The number of carbonyl (C=O) groups is 2. The fourth-order valence-corrected chi connectivity index (χ4v) is 4.09. The molecule has 0 radical (unpaired) electrons. The average Bonchev–Trinajstić information content (AvgIpc) is 3.40. The summed E-state index contributed by atoms with van der Waals surface area (Å²) < 4.78 is 7.51. The predicted octanol–water partition coefficient (Wildman–Crippen LogP) is 2.40. The molecule has 0 aliphatic carbocycles. The van der Waals surface area contributed by atoms with Gasteiger partial charge < -0.3 is 19.5 Å². The van der Waals surface area contributed by atoms with Gasteiger partial charge in [0.15, 0.2) is 5.82 Å². The van der Waals surface area contributed by atoms with Gasteiger partial charge in [-0.1, -0.05) is 30.3 Å². The van der Waals surface area contributed by atoms with Crippen LogP contribution in [0.5, 0.6) is 0 Å². The topological polar surface area (TPSA) is 76.5 Å². The molecule has 2 aliphatic heterocycles. The predicted molar refractivity (Wildman–Crippen MR) is 109 cm³/mol. The van der Waals surface area contributed by atoms with Gasteiger partial charge in [0, 0.05) is 33.3 Å².